The summed E-state index contributed by atoms with van der Waals surface area (Å²) in [5, 5.41) is 0.617. The Bertz CT molecular complexity index is 357. The van der Waals surface area contributed by atoms with E-state index in [-0.39, 0.29) is 11.7 Å². The molecule has 0 fully saturated rings. The van der Waals surface area contributed by atoms with Gasteiger partial charge in [0, 0.05) is 11.4 Å². The minimum absolute atomic E-state index is 0.243. The van der Waals surface area contributed by atoms with Crippen LogP contribution in [0.4, 0.5) is 0 Å². The van der Waals surface area contributed by atoms with Gasteiger partial charge in [0.05, 0.1) is 17.9 Å². The van der Waals surface area contributed by atoms with E-state index in [0.29, 0.717) is 11.6 Å². The molecule has 0 bridgehead atoms. The van der Waals surface area contributed by atoms with E-state index < -0.39 is 0 Å². The minimum Gasteiger partial charge on any atom is -0.468 e. The van der Waals surface area contributed by atoms with Gasteiger partial charge in [-0.15, -0.1) is 11.8 Å². The third kappa shape index (κ3) is 3.41. The van der Waals surface area contributed by atoms with Crippen LogP contribution in [0.3, 0.4) is 0 Å². The Kier molecular flexibility index (Phi) is 4.94. The average Bonchev–Trinajstić information content (AvgIpc) is 2.26. The Balaban J connectivity index is 2.78. The smallest absolute Gasteiger partial charge is 0.315 e. The van der Waals surface area contributed by atoms with Crippen molar-refractivity contribution < 1.29 is 9.53 Å². The van der Waals surface area contributed by atoms with Gasteiger partial charge in [0.2, 0.25) is 0 Å². The zero-order chi connectivity index (χ0) is 11.3. The van der Waals surface area contributed by atoms with Crippen molar-refractivity contribution in [3.63, 3.8) is 0 Å². The van der Waals surface area contributed by atoms with Gasteiger partial charge < -0.3 is 10.5 Å². The lowest BCUT2D eigenvalue weighted by molar-refractivity contribution is -0.137. The Labute approximate surface area is 97.9 Å². The molecule has 1 rings (SSSR count). The molecule has 0 unspecified atom stereocenters. The lowest BCUT2D eigenvalue weighted by Crippen LogP contribution is -2.05. The van der Waals surface area contributed by atoms with E-state index in [1.165, 1.54) is 18.9 Å². The first kappa shape index (κ1) is 12.4. The van der Waals surface area contributed by atoms with Crippen LogP contribution in [-0.2, 0) is 16.1 Å². The summed E-state index contributed by atoms with van der Waals surface area (Å²) in [6.07, 6.45) is 0. The first-order chi connectivity index (χ1) is 7.19. The van der Waals surface area contributed by atoms with Crippen LogP contribution in [0.25, 0.3) is 0 Å². The highest BCUT2D eigenvalue weighted by atomic mass is 35.5. The van der Waals surface area contributed by atoms with Crippen molar-refractivity contribution in [2.45, 2.75) is 11.4 Å². The quantitative estimate of drug-likeness (QED) is 0.652. The number of carbonyl (C=O) groups is 1. The summed E-state index contributed by atoms with van der Waals surface area (Å²) in [4.78, 5) is 11.8. The summed E-state index contributed by atoms with van der Waals surface area (Å²) in [5.74, 6) is -0.0318. The molecule has 0 atom stereocenters. The van der Waals surface area contributed by atoms with E-state index in [1.807, 2.05) is 12.1 Å². The number of hydrogen-bond acceptors (Lipinski definition) is 4. The molecule has 1 aromatic carbocycles. The number of nitrogens with two attached hydrogens (primary N) is 1. The number of rotatable bonds is 4. The number of esters is 1. The first-order valence-electron chi connectivity index (χ1n) is 4.36. The molecule has 0 aliphatic carbocycles. The summed E-state index contributed by atoms with van der Waals surface area (Å²) < 4.78 is 4.55. The molecule has 0 spiro atoms. The van der Waals surface area contributed by atoms with Crippen LogP contribution in [-0.4, -0.2) is 18.8 Å². The van der Waals surface area contributed by atoms with Crippen LogP contribution < -0.4 is 5.73 Å². The fraction of sp³-hybridized carbons (Fsp3) is 0.300. The Morgan fingerprint density at radius 1 is 1.60 bits per heavy atom. The number of halogens is 1. The largest absolute Gasteiger partial charge is 0.468 e. The molecular weight excluding hydrogens is 234 g/mol. The average molecular weight is 246 g/mol. The molecule has 0 radical (unpaired) electrons. The molecule has 0 saturated carbocycles. The number of benzene rings is 1. The Morgan fingerprint density at radius 2 is 2.33 bits per heavy atom. The molecule has 15 heavy (non-hydrogen) atoms. The van der Waals surface area contributed by atoms with Crippen LogP contribution in [0.2, 0.25) is 5.02 Å². The SMILES string of the molecule is COC(=O)CSc1c(Cl)cccc1CN. The minimum atomic E-state index is -0.275. The van der Waals surface area contributed by atoms with Crippen LogP contribution in [0.5, 0.6) is 0 Å². The zero-order valence-corrected chi connectivity index (χ0v) is 9.90. The molecule has 0 saturated heterocycles. The highest BCUT2D eigenvalue weighted by Gasteiger charge is 2.09. The van der Waals surface area contributed by atoms with Gasteiger partial charge in [-0.25, -0.2) is 0 Å². The van der Waals surface area contributed by atoms with Crippen molar-refractivity contribution in [2.75, 3.05) is 12.9 Å². The maximum Gasteiger partial charge on any atom is 0.315 e. The van der Waals surface area contributed by atoms with E-state index >= 15 is 0 Å². The first-order valence-corrected chi connectivity index (χ1v) is 5.72. The molecule has 0 aliphatic heterocycles. The van der Waals surface area contributed by atoms with E-state index in [1.54, 1.807) is 6.07 Å². The van der Waals surface area contributed by atoms with Gasteiger partial charge in [-0.1, -0.05) is 23.7 Å². The van der Waals surface area contributed by atoms with Crippen molar-refractivity contribution in [3.8, 4) is 0 Å². The van der Waals surface area contributed by atoms with Crippen molar-refractivity contribution in [2.24, 2.45) is 5.73 Å². The maximum absolute atomic E-state index is 11.0. The van der Waals surface area contributed by atoms with Crippen LogP contribution in [0.15, 0.2) is 23.1 Å². The van der Waals surface area contributed by atoms with Crippen LogP contribution in [0, 0.1) is 0 Å². The second-order valence-electron chi connectivity index (χ2n) is 2.80. The van der Waals surface area contributed by atoms with E-state index in [0.717, 1.165) is 10.5 Å². The topological polar surface area (TPSA) is 52.3 Å². The van der Waals surface area contributed by atoms with Gasteiger partial charge in [0.15, 0.2) is 0 Å². The standard InChI is InChI=1S/C10H12ClNO2S/c1-14-9(13)6-15-10-7(5-12)3-2-4-8(10)11/h2-4H,5-6,12H2,1H3. The van der Waals surface area contributed by atoms with Gasteiger partial charge in [0.1, 0.15) is 0 Å². The molecule has 0 amide bonds. The fourth-order valence-corrected chi connectivity index (χ4v) is 2.35. The second kappa shape index (κ2) is 6.00. The van der Waals surface area contributed by atoms with Crippen LogP contribution >= 0.6 is 23.4 Å². The summed E-state index contributed by atoms with van der Waals surface area (Å²) in [6, 6.07) is 5.51. The van der Waals surface area contributed by atoms with E-state index in [2.05, 4.69) is 4.74 Å². The number of hydrogen-bond donors (Lipinski definition) is 1. The predicted molar refractivity (Wildman–Crippen MR) is 62.1 cm³/mol. The third-order valence-electron chi connectivity index (χ3n) is 1.83. The molecule has 2 N–H and O–H groups in total. The molecule has 5 heteroatoms. The lowest BCUT2D eigenvalue weighted by Gasteiger charge is -2.08. The maximum atomic E-state index is 11.0. The normalized spacial score (nSPS) is 10.1. The summed E-state index contributed by atoms with van der Waals surface area (Å²) in [6.45, 7) is 0.407. The van der Waals surface area contributed by atoms with Gasteiger partial charge in [-0.05, 0) is 11.6 Å². The number of ether oxygens (including phenoxy) is 1. The van der Waals surface area contributed by atoms with Crippen molar-refractivity contribution in [1.82, 2.24) is 0 Å². The van der Waals surface area contributed by atoms with Gasteiger partial charge in [0.25, 0.3) is 0 Å². The van der Waals surface area contributed by atoms with Crippen molar-refractivity contribution >= 4 is 29.3 Å². The Hall–Kier alpha value is -0.710. The third-order valence-corrected chi connectivity index (χ3v) is 3.41. The highest BCUT2D eigenvalue weighted by Crippen LogP contribution is 2.30. The number of thioether (sulfide) groups is 1. The van der Waals surface area contributed by atoms with E-state index in [9.17, 15) is 4.79 Å². The number of methoxy groups -OCH3 is 1. The Morgan fingerprint density at radius 3 is 2.93 bits per heavy atom. The molecular formula is C10H12ClNO2S. The molecule has 0 aliphatic rings. The van der Waals surface area contributed by atoms with Gasteiger partial charge in [-0.2, -0.15) is 0 Å². The number of carbonyl (C=O) groups excluding carboxylic acids is 1. The molecule has 0 heterocycles. The predicted octanol–water partition coefficient (Wildman–Crippen LogP) is 2.06. The monoisotopic (exact) mass is 245 g/mol. The van der Waals surface area contributed by atoms with Gasteiger partial charge >= 0.3 is 5.97 Å². The van der Waals surface area contributed by atoms with Crippen molar-refractivity contribution in [1.29, 1.82) is 0 Å². The second-order valence-corrected chi connectivity index (χ2v) is 4.19. The molecule has 1 aromatic rings. The summed E-state index contributed by atoms with van der Waals surface area (Å²) in [7, 11) is 1.36. The fourth-order valence-electron chi connectivity index (χ4n) is 1.07. The summed E-state index contributed by atoms with van der Waals surface area (Å²) in [5.41, 5.74) is 6.51. The van der Waals surface area contributed by atoms with Crippen molar-refractivity contribution in [3.05, 3.63) is 28.8 Å². The van der Waals surface area contributed by atoms with Crippen LogP contribution in [0.1, 0.15) is 5.56 Å². The zero-order valence-electron chi connectivity index (χ0n) is 8.33. The van der Waals surface area contributed by atoms with Gasteiger partial charge in [-0.3, -0.25) is 4.79 Å². The summed E-state index contributed by atoms with van der Waals surface area (Å²) >= 11 is 7.35. The molecule has 82 valence electrons. The highest BCUT2D eigenvalue weighted by molar-refractivity contribution is 8.00. The molecule has 3 nitrogen and oxygen atoms in total. The lowest BCUT2D eigenvalue weighted by atomic mass is 10.2. The van der Waals surface area contributed by atoms with E-state index in [4.69, 9.17) is 17.3 Å². The molecule has 0 aromatic heterocycles.